The van der Waals surface area contributed by atoms with E-state index >= 15 is 0 Å². The molecule has 2 heterocycles. The first-order valence-electron chi connectivity index (χ1n) is 16.3. The summed E-state index contributed by atoms with van der Waals surface area (Å²) in [6, 6.07) is 15.8. The van der Waals surface area contributed by atoms with Crippen LogP contribution in [0.4, 0.5) is 6.01 Å². The maximum atomic E-state index is 10.1. The van der Waals surface area contributed by atoms with Crippen LogP contribution in [0.25, 0.3) is 22.2 Å². The van der Waals surface area contributed by atoms with Crippen molar-refractivity contribution in [2.24, 2.45) is 27.4 Å². The third-order valence-electron chi connectivity index (χ3n) is 8.56. The number of oxazole rings is 2. The Labute approximate surface area is 321 Å². The molecule has 2 aliphatic carbocycles. The van der Waals surface area contributed by atoms with Crippen LogP contribution in [0.2, 0.25) is 5.35 Å². The summed E-state index contributed by atoms with van der Waals surface area (Å²) in [5, 5.41) is 23.3. The van der Waals surface area contributed by atoms with E-state index in [2.05, 4.69) is 104 Å². The normalized spacial score (nSPS) is 25.5. The molecule has 0 amide bonds. The molecule has 4 unspecified atom stereocenters. The summed E-state index contributed by atoms with van der Waals surface area (Å²) in [5.41, 5.74) is 9.55. The summed E-state index contributed by atoms with van der Waals surface area (Å²) in [6.45, 7) is 19.7. The van der Waals surface area contributed by atoms with Gasteiger partial charge in [-0.05, 0) is 103 Å². The van der Waals surface area contributed by atoms with Crippen molar-refractivity contribution in [2.75, 3.05) is 18.4 Å². The number of rotatable bonds is 4. The standard InChI is InChI=1S/C17H24N2O2.C10H21NO.C7H4ClNO.C2H5.2HI.V/c1-16(2)8-12(20)9-17(3,10-16)11-18-15-19-13-6-4-5-7-14(13)21-15;1-9(2)4-8(12)5-10(3,6-9)7-11;8-7-9-5-3-1-2-4-6(5)10-7;1-2;;;/h4-7,12,20H,8-11H2,1-3H3,(H,18,19);8,12H,4-7,11H2,1-3H3;1-4H;1H2,2H3;2*1H;/q;;;-1;;;+2/p-2. The molecule has 2 aromatic heterocycles. The number of anilines is 1. The van der Waals surface area contributed by atoms with E-state index in [9.17, 15) is 10.2 Å². The Morgan fingerprint density at radius 2 is 1.25 bits per heavy atom. The van der Waals surface area contributed by atoms with Crippen LogP contribution in [0.15, 0.2) is 57.4 Å². The average molecular weight is 947 g/mol. The third kappa shape index (κ3) is 14.6. The molecule has 2 saturated carbocycles. The zero-order valence-electron chi connectivity index (χ0n) is 29.4. The first kappa shape index (κ1) is 43.6. The van der Waals surface area contributed by atoms with Gasteiger partial charge in [-0.25, -0.2) is 0 Å². The van der Waals surface area contributed by atoms with E-state index in [0.29, 0.717) is 22.0 Å². The van der Waals surface area contributed by atoms with Gasteiger partial charge in [-0.1, -0.05) is 65.8 Å². The maximum absolute atomic E-state index is 10.1. The fraction of sp³-hybridized carbons (Fsp3) is 0.583. The molecule has 6 rings (SSSR count). The number of aromatic nitrogens is 2. The predicted octanol–water partition coefficient (Wildman–Crippen LogP) is 10.4. The van der Waals surface area contributed by atoms with Crippen LogP contribution >= 0.6 is 51.6 Å². The molecule has 2 fully saturated rings. The topological polar surface area (TPSA) is 131 Å². The van der Waals surface area contributed by atoms with Crippen LogP contribution in [0.5, 0.6) is 0 Å². The monoisotopic (exact) mass is 946 g/mol. The van der Waals surface area contributed by atoms with Gasteiger partial charge in [0.25, 0.3) is 11.4 Å². The fourth-order valence-electron chi connectivity index (χ4n) is 7.53. The molecule has 2 aliphatic rings. The molecule has 48 heavy (non-hydrogen) atoms. The van der Waals surface area contributed by atoms with Crippen molar-refractivity contribution in [1.29, 1.82) is 0 Å². The van der Waals surface area contributed by atoms with Gasteiger partial charge in [-0.3, -0.25) is 0 Å². The molecule has 12 heteroatoms. The molecule has 8 nitrogen and oxygen atoms in total. The molecule has 0 bridgehead atoms. The number of aliphatic hydroxyl groups is 2. The van der Waals surface area contributed by atoms with Crippen LogP contribution < -0.4 is 11.1 Å². The van der Waals surface area contributed by atoms with Crippen molar-refractivity contribution in [1.82, 2.24) is 9.97 Å². The Morgan fingerprint density at radius 3 is 1.71 bits per heavy atom. The van der Waals surface area contributed by atoms with Gasteiger partial charge in [0.15, 0.2) is 11.2 Å². The quantitative estimate of drug-likeness (QED) is 0.118. The van der Waals surface area contributed by atoms with E-state index in [1.165, 1.54) is 0 Å². The molecule has 4 atom stereocenters. The van der Waals surface area contributed by atoms with Gasteiger partial charge in [-0.2, -0.15) is 16.9 Å². The number of nitrogens with one attached hydrogen (secondary N) is 1. The summed E-state index contributed by atoms with van der Waals surface area (Å²) in [6.07, 6.45) is 5.34. The molecular weight excluding hydrogens is 893 g/mol. The number of hydrogen-bond acceptors (Lipinski definition) is 8. The minimum atomic E-state index is -0.218. The summed E-state index contributed by atoms with van der Waals surface area (Å²) >= 11 is 10.2. The summed E-state index contributed by atoms with van der Waals surface area (Å²) < 4.78 is 10.7. The molecule has 269 valence electrons. The molecule has 0 aliphatic heterocycles. The van der Waals surface area contributed by atoms with Crippen LogP contribution in [0.1, 0.15) is 87.0 Å². The van der Waals surface area contributed by atoms with Crippen molar-refractivity contribution in [3.05, 3.63) is 60.8 Å². The van der Waals surface area contributed by atoms with E-state index in [0.717, 1.165) is 67.3 Å². The number of hydrogen-bond donors (Lipinski definition) is 4. The Kier molecular flexibility index (Phi) is 18.0. The number of para-hydroxylation sites is 4. The van der Waals surface area contributed by atoms with E-state index in [1.807, 2.05) is 48.5 Å². The van der Waals surface area contributed by atoms with Crippen LogP contribution in [-0.2, 0) is 9.47 Å². The molecule has 5 N–H and O–H groups in total. The van der Waals surface area contributed by atoms with Crippen molar-refractivity contribution >= 4 is 79.8 Å². The van der Waals surface area contributed by atoms with E-state index in [1.54, 1.807) is 6.92 Å². The van der Waals surface area contributed by atoms with Crippen molar-refractivity contribution in [3.8, 4) is 0 Å². The molecule has 2 aromatic carbocycles. The second kappa shape index (κ2) is 19.9. The fourth-order valence-corrected chi connectivity index (χ4v) is 7.70. The van der Waals surface area contributed by atoms with E-state index in [-0.39, 0.29) is 39.2 Å². The zero-order valence-corrected chi connectivity index (χ0v) is 35.9. The Bertz CT molecular complexity index is 1450. The molecular formula is C36H54ClI2N4O4V-. The SMILES string of the molecule is CC1(C)CC(O)CC(C)(CN)C1.CC1(C)CC(O)CC(C)(CNc2nc3ccccc3o2)C1.Clc1nc2ccccc2o1.[CH2-]C.[I][V][I]. The van der Waals surface area contributed by atoms with Crippen molar-refractivity contribution in [2.45, 2.75) is 99.2 Å². The number of halogens is 3. The number of nitrogens with zero attached hydrogens (tertiary/aromatic N) is 2. The molecule has 0 radical (unpaired) electrons. The van der Waals surface area contributed by atoms with Gasteiger partial charge in [0.1, 0.15) is 11.0 Å². The predicted molar refractivity (Wildman–Crippen MR) is 213 cm³/mol. The number of nitrogens with two attached hydrogens (primary N) is 1. The Balaban J connectivity index is 0.000000252. The van der Waals surface area contributed by atoms with Gasteiger partial charge >= 0.3 is 49.4 Å². The van der Waals surface area contributed by atoms with Crippen LogP contribution in [0.3, 0.4) is 0 Å². The second-order valence-corrected chi connectivity index (χ2v) is 27.1. The summed E-state index contributed by atoms with van der Waals surface area (Å²) in [5.74, 6) is 0. The summed E-state index contributed by atoms with van der Waals surface area (Å²) in [4.78, 5) is 8.36. The van der Waals surface area contributed by atoms with Gasteiger partial charge in [0.05, 0.1) is 12.2 Å². The van der Waals surface area contributed by atoms with Gasteiger partial charge in [-0.15, -0.1) is 0 Å². The van der Waals surface area contributed by atoms with Crippen molar-refractivity contribution < 1.29 is 28.5 Å². The van der Waals surface area contributed by atoms with E-state index < -0.39 is 0 Å². The van der Waals surface area contributed by atoms with Crippen LogP contribution in [-0.4, -0.2) is 45.5 Å². The minimum absolute atomic E-state index is 0.0574. The second-order valence-electron chi connectivity index (χ2n) is 15.0. The number of benzene rings is 2. The van der Waals surface area contributed by atoms with Crippen LogP contribution in [0, 0.1) is 28.6 Å². The average Bonchev–Trinajstić information content (AvgIpc) is 3.58. The molecule has 4 aromatic rings. The number of aliphatic hydroxyl groups excluding tert-OH is 2. The van der Waals surface area contributed by atoms with E-state index in [4.69, 9.17) is 26.2 Å². The molecule has 0 saturated heterocycles. The van der Waals surface area contributed by atoms with Gasteiger partial charge in [0, 0.05) is 6.54 Å². The number of fused-ring (bicyclic) bond motifs is 2. The Morgan fingerprint density at radius 1 is 0.812 bits per heavy atom. The first-order chi connectivity index (χ1) is 22.5. The van der Waals surface area contributed by atoms with Gasteiger partial charge < -0.3 is 37.0 Å². The molecule has 0 spiro atoms. The van der Waals surface area contributed by atoms with Crippen molar-refractivity contribution in [3.63, 3.8) is 0 Å². The first-order valence-corrected chi connectivity index (χ1v) is 25.7. The van der Waals surface area contributed by atoms with Gasteiger partial charge in [0.2, 0.25) is 0 Å². The summed E-state index contributed by atoms with van der Waals surface area (Å²) in [7, 11) is 0.628. The Hall–Kier alpha value is -0.606. The zero-order chi connectivity index (χ0) is 36.2. The third-order valence-corrected chi connectivity index (χ3v) is 8.73.